The van der Waals surface area contributed by atoms with Gasteiger partial charge in [0.05, 0.1) is 43.6 Å². The summed E-state index contributed by atoms with van der Waals surface area (Å²) >= 11 is 15.7. The summed E-state index contributed by atoms with van der Waals surface area (Å²) in [4.78, 5) is 2.32. The lowest BCUT2D eigenvalue weighted by molar-refractivity contribution is 0.260. The van der Waals surface area contributed by atoms with Crippen molar-refractivity contribution in [3.05, 3.63) is 31.8 Å². The Morgan fingerprint density at radius 1 is 0.533 bits per heavy atom. The number of unbranched alkanes of at least 4 members (excludes halogenated alkanes) is 10. The van der Waals surface area contributed by atoms with Crippen LogP contribution in [0.1, 0.15) is 90.9 Å². The lowest BCUT2D eigenvalue weighted by atomic mass is 10.0. The van der Waals surface area contributed by atoms with Gasteiger partial charge >= 0.3 is 0 Å². The topological polar surface area (TPSA) is 44.2 Å². The highest BCUT2D eigenvalue weighted by atomic mass is 79.9. The van der Waals surface area contributed by atoms with Crippen molar-refractivity contribution in [2.45, 2.75) is 90.9 Å². The third-order valence-electron chi connectivity index (χ3n) is 7.96. The zero-order valence-electron chi connectivity index (χ0n) is 25.7. The van der Waals surface area contributed by atoms with E-state index in [1.807, 2.05) is 0 Å². The molecule has 6 aromatic rings. The molecule has 0 spiro atoms. The summed E-state index contributed by atoms with van der Waals surface area (Å²) in [6.07, 6.45) is 14.6. The largest absolute Gasteiger partial charge is 0.489 e. The lowest BCUT2D eigenvalue weighted by Crippen LogP contribution is -2.06. The number of fused-ring (bicyclic) bond motifs is 3. The highest BCUT2D eigenvalue weighted by Gasteiger charge is 2.29. The first-order valence-electron chi connectivity index (χ1n) is 16.0. The summed E-state index contributed by atoms with van der Waals surface area (Å²) in [5, 5.41) is 0. The Labute approximate surface area is 302 Å². The number of hydrogen-bond donors (Lipinski definition) is 0. The van der Waals surface area contributed by atoms with Crippen LogP contribution in [0.4, 0.5) is 0 Å². The van der Waals surface area contributed by atoms with Gasteiger partial charge < -0.3 is 9.47 Å². The van der Waals surface area contributed by atoms with E-state index in [0.717, 1.165) is 63.8 Å². The Morgan fingerprint density at radius 3 is 1.36 bits per heavy atom. The van der Waals surface area contributed by atoms with Crippen LogP contribution in [-0.2, 0) is 0 Å². The van der Waals surface area contributed by atoms with E-state index in [-0.39, 0.29) is 0 Å². The van der Waals surface area contributed by atoms with Crippen molar-refractivity contribution in [1.82, 2.24) is 8.75 Å². The fraction of sp³-hybridized carbons (Fsp3) is 0.471. The number of ether oxygens (including phenoxy) is 2. The minimum absolute atomic E-state index is 0.660. The van der Waals surface area contributed by atoms with Gasteiger partial charge in [0.25, 0.3) is 0 Å². The molecule has 1 aromatic carbocycles. The second-order valence-corrected chi connectivity index (χ2v) is 19.0. The molecule has 11 heteroatoms. The zero-order chi connectivity index (χ0) is 31.2. The molecule has 6 rings (SSSR count). The molecule has 0 atom stereocenters. The average molecular weight is 827 g/mol. The van der Waals surface area contributed by atoms with Crippen molar-refractivity contribution in [1.29, 1.82) is 0 Å². The van der Waals surface area contributed by atoms with Gasteiger partial charge in [0, 0.05) is 28.6 Å². The summed E-state index contributed by atoms with van der Waals surface area (Å²) in [5.74, 6) is 1.66. The molecule has 0 bridgehead atoms. The predicted molar refractivity (Wildman–Crippen MR) is 208 cm³/mol. The molecule has 240 valence electrons. The minimum Gasteiger partial charge on any atom is -0.489 e. The van der Waals surface area contributed by atoms with E-state index in [4.69, 9.17) is 18.2 Å². The van der Waals surface area contributed by atoms with Crippen molar-refractivity contribution in [3.63, 3.8) is 0 Å². The Bertz CT molecular complexity index is 1660. The molecule has 0 N–H and O–H groups in total. The Balaban J connectivity index is 1.43. The SMILES string of the molecule is CCCCCCCCOc1c(OCCCCCCCC)c(-c2cc3sc(Br)cc3s2)c2nsnc2c1-c1cc2sc(Br)cc2s1. The van der Waals surface area contributed by atoms with E-state index in [0.29, 0.717) is 13.2 Å². The van der Waals surface area contributed by atoms with Gasteiger partial charge in [-0.05, 0) is 69.0 Å². The van der Waals surface area contributed by atoms with Crippen molar-refractivity contribution < 1.29 is 9.47 Å². The van der Waals surface area contributed by atoms with Crippen molar-refractivity contribution in [2.75, 3.05) is 13.2 Å². The first-order valence-corrected chi connectivity index (χ1v) is 21.6. The van der Waals surface area contributed by atoms with Gasteiger partial charge in [0.2, 0.25) is 0 Å². The van der Waals surface area contributed by atoms with Crippen molar-refractivity contribution >= 4 is 119 Å². The van der Waals surface area contributed by atoms with Crippen molar-refractivity contribution in [3.8, 4) is 32.4 Å². The third-order valence-corrected chi connectivity index (χ3v) is 14.1. The highest BCUT2D eigenvalue weighted by Crippen LogP contribution is 2.55. The summed E-state index contributed by atoms with van der Waals surface area (Å²) in [6.45, 7) is 5.85. The van der Waals surface area contributed by atoms with Crippen molar-refractivity contribution in [2.24, 2.45) is 0 Å². The zero-order valence-corrected chi connectivity index (χ0v) is 33.0. The second-order valence-electron chi connectivity index (χ2n) is 11.4. The maximum atomic E-state index is 6.86. The third kappa shape index (κ3) is 7.98. The highest BCUT2D eigenvalue weighted by molar-refractivity contribution is 9.11. The Morgan fingerprint density at radius 2 is 0.933 bits per heavy atom. The fourth-order valence-corrected chi connectivity index (χ4v) is 12.4. The van der Waals surface area contributed by atoms with Crippen LogP contribution in [0.5, 0.6) is 11.5 Å². The standard InChI is InChI=1S/C34H38Br2N2O2S5/c1-3-5-7-9-11-13-15-39-33-29(25-17-21-23(41-25)19-27(35)43-21)31-32(38-45-37-31)30(26-18-22-24(42-26)20-28(36)44-22)34(33)40-16-14-12-10-8-6-4-2/h17-20H,3-16H2,1-2H3. The normalized spacial score (nSPS) is 11.9. The van der Waals surface area contributed by atoms with Crippen LogP contribution in [0.2, 0.25) is 0 Å². The van der Waals surface area contributed by atoms with Gasteiger partial charge in [-0.15, -0.1) is 45.3 Å². The molecule has 4 nitrogen and oxygen atoms in total. The molecular weight excluding hydrogens is 789 g/mol. The number of thiophene rings is 4. The molecule has 0 radical (unpaired) electrons. The van der Waals surface area contributed by atoms with E-state index in [2.05, 4.69) is 70.0 Å². The Hall–Kier alpha value is -1.08. The number of hydrogen-bond acceptors (Lipinski definition) is 9. The van der Waals surface area contributed by atoms with Gasteiger partial charge in [0.15, 0.2) is 11.5 Å². The molecule has 0 aliphatic carbocycles. The van der Waals surface area contributed by atoms with Gasteiger partial charge in [-0.3, -0.25) is 0 Å². The van der Waals surface area contributed by atoms with E-state index < -0.39 is 0 Å². The van der Waals surface area contributed by atoms with Crippen LogP contribution in [0, 0.1) is 0 Å². The van der Waals surface area contributed by atoms with Crippen LogP contribution in [0.25, 0.3) is 50.7 Å². The van der Waals surface area contributed by atoms with Crippen LogP contribution < -0.4 is 9.47 Å². The molecule has 0 amide bonds. The van der Waals surface area contributed by atoms with Gasteiger partial charge in [-0.1, -0.05) is 78.1 Å². The molecule has 0 aliphatic heterocycles. The summed E-state index contributed by atoms with van der Waals surface area (Å²) < 4.78 is 30.9. The first-order chi connectivity index (χ1) is 22.1. The number of aromatic nitrogens is 2. The Kier molecular flexibility index (Phi) is 12.3. The summed E-state index contributed by atoms with van der Waals surface area (Å²) in [7, 11) is 0. The van der Waals surface area contributed by atoms with Crippen LogP contribution in [-0.4, -0.2) is 22.0 Å². The first kappa shape index (κ1) is 33.8. The molecule has 5 aromatic heterocycles. The van der Waals surface area contributed by atoms with Crippen LogP contribution in [0.3, 0.4) is 0 Å². The van der Waals surface area contributed by atoms with E-state index >= 15 is 0 Å². The quantitative estimate of drug-likeness (QED) is 0.0810. The maximum absolute atomic E-state index is 6.86. The molecule has 0 unspecified atom stereocenters. The number of rotatable bonds is 18. The molecule has 45 heavy (non-hydrogen) atoms. The molecule has 0 saturated heterocycles. The second kappa shape index (κ2) is 16.3. The van der Waals surface area contributed by atoms with Gasteiger partial charge in [-0.25, -0.2) is 0 Å². The molecule has 0 aliphatic rings. The number of nitrogens with zero attached hydrogens (tertiary/aromatic N) is 2. The number of halogens is 2. The molecule has 0 saturated carbocycles. The van der Waals surface area contributed by atoms with E-state index in [1.54, 1.807) is 45.3 Å². The van der Waals surface area contributed by atoms with E-state index in [9.17, 15) is 0 Å². The molecule has 0 fully saturated rings. The summed E-state index contributed by atoms with van der Waals surface area (Å²) in [6, 6.07) is 9.00. The molecule has 5 heterocycles. The lowest BCUT2D eigenvalue weighted by Gasteiger charge is -2.20. The fourth-order valence-electron chi connectivity index (χ4n) is 5.66. The predicted octanol–water partition coefficient (Wildman–Crippen LogP) is 14.6. The summed E-state index contributed by atoms with van der Waals surface area (Å²) in [5.41, 5.74) is 3.87. The monoisotopic (exact) mass is 824 g/mol. The van der Waals surface area contributed by atoms with Gasteiger partial charge in [0.1, 0.15) is 11.0 Å². The minimum atomic E-state index is 0.660. The van der Waals surface area contributed by atoms with Crippen LogP contribution >= 0.6 is 88.9 Å². The van der Waals surface area contributed by atoms with Crippen LogP contribution in [0.15, 0.2) is 31.8 Å². The maximum Gasteiger partial charge on any atom is 0.172 e. The van der Waals surface area contributed by atoms with Gasteiger partial charge in [-0.2, -0.15) is 8.75 Å². The number of benzene rings is 1. The smallest absolute Gasteiger partial charge is 0.172 e. The van der Waals surface area contributed by atoms with E-state index in [1.165, 1.54) is 94.7 Å². The molecular formula is C34H38Br2N2O2S5. The average Bonchev–Trinajstić information content (AvgIpc) is 3.83.